The number of thioether (sulfide) groups is 1. The molecule has 3 aliphatic rings. The molecule has 8 nitrogen and oxygen atoms in total. The summed E-state index contributed by atoms with van der Waals surface area (Å²) in [7, 11) is 0. The highest BCUT2D eigenvalue weighted by molar-refractivity contribution is 8.00. The Balaban J connectivity index is 1.24. The summed E-state index contributed by atoms with van der Waals surface area (Å²) in [6, 6.07) is 11.5. The van der Waals surface area contributed by atoms with Crippen molar-refractivity contribution < 1.29 is 14.3 Å². The van der Waals surface area contributed by atoms with Crippen molar-refractivity contribution in [2.24, 2.45) is 0 Å². The first-order valence-electron chi connectivity index (χ1n) is 10.6. The predicted molar refractivity (Wildman–Crippen MR) is 119 cm³/mol. The summed E-state index contributed by atoms with van der Waals surface area (Å²) in [6.07, 6.45) is 1.79. The maximum atomic E-state index is 13.1. The van der Waals surface area contributed by atoms with Crippen molar-refractivity contribution in [3.8, 4) is 0 Å². The molecule has 2 fully saturated rings. The highest BCUT2D eigenvalue weighted by Crippen LogP contribution is 2.38. The molecular formula is C22H25N5O3S. The zero-order valence-corrected chi connectivity index (χ0v) is 18.0. The quantitative estimate of drug-likeness (QED) is 0.781. The third kappa shape index (κ3) is 4.26. The second kappa shape index (κ2) is 8.86. The van der Waals surface area contributed by atoms with Crippen molar-refractivity contribution in [2.75, 3.05) is 62.7 Å². The molecule has 3 aliphatic heterocycles. The number of nitrogens with zero attached hydrogens (tertiary/aromatic N) is 4. The molecule has 0 radical (unpaired) electrons. The van der Waals surface area contributed by atoms with Gasteiger partial charge in [0, 0.05) is 55.9 Å². The molecule has 2 aromatic rings. The van der Waals surface area contributed by atoms with Crippen molar-refractivity contribution in [3.05, 3.63) is 48.2 Å². The van der Waals surface area contributed by atoms with E-state index in [0.29, 0.717) is 31.9 Å². The van der Waals surface area contributed by atoms with Crippen molar-refractivity contribution in [3.63, 3.8) is 0 Å². The summed E-state index contributed by atoms with van der Waals surface area (Å²) in [4.78, 5) is 37.4. The number of carbonyl (C=O) groups is 2. The fourth-order valence-corrected chi connectivity index (χ4v) is 5.30. The molecular weight excluding hydrogens is 414 g/mol. The SMILES string of the molecule is O=C1Nc2cc(C(=O)N3CCN(c4ccccn4)CC3)ccc2SC1N1CCOCC1. The van der Waals surface area contributed by atoms with E-state index in [9.17, 15) is 9.59 Å². The molecule has 0 aliphatic carbocycles. The minimum absolute atomic E-state index is 0.00183. The van der Waals surface area contributed by atoms with E-state index in [1.165, 1.54) is 0 Å². The van der Waals surface area contributed by atoms with Gasteiger partial charge >= 0.3 is 0 Å². The van der Waals surface area contributed by atoms with E-state index < -0.39 is 0 Å². The minimum Gasteiger partial charge on any atom is -0.379 e. The Bertz CT molecular complexity index is 959. The zero-order valence-electron chi connectivity index (χ0n) is 17.2. The summed E-state index contributed by atoms with van der Waals surface area (Å²) in [6.45, 7) is 5.60. The fraction of sp³-hybridized carbons (Fsp3) is 0.409. The van der Waals surface area contributed by atoms with Crippen molar-refractivity contribution in [2.45, 2.75) is 10.3 Å². The number of hydrogen-bond donors (Lipinski definition) is 1. The van der Waals surface area contributed by atoms with Gasteiger partial charge < -0.3 is 19.9 Å². The number of carbonyl (C=O) groups excluding carboxylic acids is 2. The third-order valence-corrected chi connectivity index (χ3v) is 7.21. The van der Waals surface area contributed by atoms with E-state index >= 15 is 0 Å². The van der Waals surface area contributed by atoms with Gasteiger partial charge in [0.15, 0.2) is 0 Å². The molecule has 0 saturated carbocycles. The first kappa shape index (κ1) is 20.3. The predicted octanol–water partition coefficient (Wildman–Crippen LogP) is 1.75. The Morgan fingerprint density at radius 3 is 2.61 bits per heavy atom. The number of amides is 2. The number of piperazine rings is 1. The van der Waals surface area contributed by atoms with Gasteiger partial charge in [-0.25, -0.2) is 4.98 Å². The number of fused-ring (bicyclic) bond motifs is 1. The van der Waals surface area contributed by atoms with Crippen LogP contribution in [0.2, 0.25) is 0 Å². The molecule has 162 valence electrons. The highest BCUT2D eigenvalue weighted by Gasteiger charge is 2.33. The van der Waals surface area contributed by atoms with Crippen LogP contribution in [-0.4, -0.2) is 84.5 Å². The first-order chi connectivity index (χ1) is 15.2. The maximum absolute atomic E-state index is 13.1. The van der Waals surface area contributed by atoms with Crippen LogP contribution >= 0.6 is 11.8 Å². The largest absolute Gasteiger partial charge is 0.379 e. The molecule has 31 heavy (non-hydrogen) atoms. The molecule has 1 N–H and O–H groups in total. The Morgan fingerprint density at radius 1 is 1.06 bits per heavy atom. The van der Waals surface area contributed by atoms with Crippen LogP contribution in [0.25, 0.3) is 0 Å². The highest BCUT2D eigenvalue weighted by atomic mass is 32.2. The lowest BCUT2D eigenvalue weighted by Crippen LogP contribution is -2.49. The minimum atomic E-state index is -0.252. The number of morpholine rings is 1. The Hall–Kier alpha value is -2.62. The number of hydrogen-bond acceptors (Lipinski definition) is 7. The zero-order chi connectivity index (χ0) is 21.2. The van der Waals surface area contributed by atoms with Gasteiger partial charge in [-0.1, -0.05) is 17.8 Å². The number of aromatic nitrogens is 1. The Morgan fingerprint density at radius 2 is 1.87 bits per heavy atom. The number of nitrogens with one attached hydrogen (secondary N) is 1. The monoisotopic (exact) mass is 439 g/mol. The van der Waals surface area contributed by atoms with Crippen LogP contribution < -0.4 is 10.2 Å². The van der Waals surface area contributed by atoms with Crippen molar-refractivity contribution in [1.29, 1.82) is 0 Å². The van der Waals surface area contributed by atoms with Gasteiger partial charge in [-0.15, -0.1) is 0 Å². The molecule has 1 unspecified atom stereocenters. The molecule has 5 rings (SSSR count). The van der Waals surface area contributed by atoms with Gasteiger partial charge in [0.2, 0.25) is 0 Å². The van der Waals surface area contributed by atoms with E-state index in [-0.39, 0.29) is 17.2 Å². The summed E-state index contributed by atoms with van der Waals surface area (Å²) < 4.78 is 5.40. The third-order valence-electron chi connectivity index (χ3n) is 5.86. The van der Waals surface area contributed by atoms with E-state index in [1.54, 1.807) is 18.0 Å². The van der Waals surface area contributed by atoms with Crippen LogP contribution in [0.1, 0.15) is 10.4 Å². The first-order valence-corrected chi connectivity index (χ1v) is 11.5. The lowest BCUT2D eigenvalue weighted by molar-refractivity contribution is -0.119. The topological polar surface area (TPSA) is 78.0 Å². The van der Waals surface area contributed by atoms with E-state index in [1.807, 2.05) is 41.3 Å². The molecule has 1 aromatic carbocycles. The summed E-state index contributed by atoms with van der Waals surface area (Å²) in [5, 5.41) is 2.75. The lowest BCUT2D eigenvalue weighted by atomic mass is 10.1. The second-order valence-corrected chi connectivity index (χ2v) is 8.91. The fourth-order valence-electron chi connectivity index (χ4n) is 4.15. The van der Waals surface area contributed by atoms with Gasteiger partial charge in [0.25, 0.3) is 11.8 Å². The van der Waals surface area contributed by atoms with Gasteiger partial charge in [0.1, 0.15) is 11.2 Å². The molecule has 1 atom stereocenters. The van der Waals surface area contributed by atoms with Gasteiger partial charge in [0.05, 0.1) is 18.9 Å². The number of anilines is 2. The number of benzene rings is 1. The average molecular weight is 440 g/mol. The number of ether oxygens (including phenoxy) is 1. The Kier molecular flexibility index (Phi) is 5.80. The molecule has 4 heterocycles. The summed E-state index contributed by atoms with van der Waals surface area (Å²) in [5.74, 6) is 0.906. The van der Waals surface area contributed by atoms with E-state index in [0.717, 1.165) is 42.6 Å². The summed E-state index contributed by atoms with van der Waals surface area (Å²) in [5.41, 5.74) is 1.33. The normalized spacial score (nSPS) is 22.1. The molecule has 0 bridgehead atoms. The Labute approximate surface area is 185 Å². The number of pyridine rings is 1. The molecule has 9 heteroatoms. The molecule has 0 spiro atoms. The van der Waals surface area contributed by atoms with Crippen LogP contribution in [0, 0.1) is 0 Å². The van der Waals surface area contributed by atoms with Crippen LogP contribution in [0.15, 0.2) is 47.5 Å². The standard InChI is InChI=1S/C22H25N5O3S/c28-20-22(27-11-13-30-14-12-27)31-18-5-4-16(15-17(18)24-20)21(29)26-9-7-25(8-10-26)19-3-1-2-6-23-19/h1-6,15,22H,7-14H2,(H,24,28). The van der Waals surface area contributed by atoms with Crippen LogP contribution in [0.4, 0.5) is 11.5 Å². The van der Waals surface area contributed by atoms with E-state index in [4.69, 9.17) is 4.74 Å². The number of rotatable bonds is 3. The lowest BCUT2D eigenvalue weighted by Gasteiger charge is -2.36. The van der Waals surface area contributed by atoms with Crippen molar-refractivity contribution in [1.82, 2.24) is 14.8 Å². The summed E-state index contributed by atoms with van der Waals surface area (Å²) >= 11 is 1.55. The van der Waals surface area contributed by atoms with Gasteiger partial charge in [-0.3, -0.25) is 14.5 Å². The van der Waals surface area contributed by atoms with Crippen LogP contribution in [-0.2, 0) is 9.53 Å². The van der Waals surface area contributed by atoms with Crippen LogP contribution in [0.5, 0.6) is 0 Å². The average Bonchev–Trinajstić information content (AvgIpc) is 2.84. The second-order valence-electron chi connectivity index (χ2n) is 7.79. The van der Waals surface area contributed by atoms with E-state index in [2.05, 4.69) is 20.1 Å². The molecule has 2 saturated heterocycles. The maximum Gasteiger partial charge on any atom is 0.254 e. The van der Waals surface area contributed by atoms with Gasteiger partial charge in [-0.05, 0) is 30.3 Å². The molecule has 2 amide bonds. The molecule has 1 aromatic heterocycles. The van der Waals surface area contributed by atoms with Gasteiger partial charge in [-0.2, -0.15) is 0 Å². The smallest absolute Gasteiger partial charge is 0.254 e. The van der Waals surface area contributed by atoms with Crippen LogP contribution in [0.3, 0.4) is 0 Å². The van der Waals surface area contributed by atoms with Crippen molar-refractivity contribution >= 4 is 35.1 Å².